The molecule has 2 rings (SSSR count). The van der Waals surface area contributed by atoms with Gasteiger partial charge in [0.15, 0.2) is 0 Å². The first-order valence-electron chi connectivity index (χ1n) is 7.84. The first-order chi connectivity index (χ1) is 11.4. The minimum Gasteiger partial charge on any atom is -0.435 e. The Morgan fingerprint density at radius 2 is 2.08 bits per heavy atom. The molecule has 0 aliphatic heterocycles. The third-order valence-electron chi connectivity index (χ3n) is 4.01. The van der Waals surface area contributed by atoms with Crippen molar-refractivity contribution in [2.24, 2.45) is 0 Å². The lowest BCUT2D eigenvalue weighted by Crippen LogP contribution is -2.19. The van der Waals surface area contributed by atoms with Gasteiger partial charge in [0.2, 0.25) is 0 Å². The molecule has 5 nitrogen and oxygen atoms in total. The van der Waals surface area contributed by atoms with Crippen LogP contribution >= 0.6 is 0 Å². The summed E-state index contributed by atoms with van der Waals surface area (Å²) in [6.45, 7) is 4.14. The van der Waals surface area contributed by atoms with Crippen LogP contribution in [0.15, 0.2) is 24.3 Å². The Morgan fingerprint density at radius 1 is 1.33 bits per heavy atom. The summed E-state index contributed by atoms with van der Waals surface area (Å²) in [6, 6.07) is 6.64. The predicted molar refractivity (Wildman–Crippen MR) is 87.1 cm³/mol. The van der Waals surface area contributed by atoms with Crippen molar-refractivity contribution >= 4 is 0 Å². The normalized spacial score (nSPS) is 12.6. The molecule has 0 bridgehead atoms. The topological polar surface area (TPSA) is 59.3 Å². The van der Waals surface area contributed by atoms with E-state index in [0.29, 0.717) is 13.1 Å². The Kier molecular flexibility index (Phi) is 6.28. The van der Waals surface area contributed by atoms with Crippen LogP contribution in [0.25, 0.3) is 0 Å². The fourth-order valence-electron chi connectivity index (χ4n) is 2.64. The lowest BCUT2D eigenvalue weighted by atomic mass is 10.1. The van der Waals surface area contributed by atoms with Crippen LogP contribution in [-0.2, 0) is 13.1 Å². The molecule has 1 atom stereocenters. The van der Waals surface area contributed by atoms with Gasteiger partial charge < -0.3 is 15.2 Å². The molecule has 0 aliphatic rings. The number of aliphatic hydroxyl groups excluding tert-OH is 1. The number of nitrogens with zero attached hydrogens (tertiary/aromatic N) is 2. The number of ether oxygens (including phenoxy) is 1. The van der Waals surface area contributed by atoms with Gasteiger partial charge in [-0.05, 0) is 38.5 Å². The Hall–Kier alpha value is -1.99. The summed E-state index contributed by atoms with van der Waals surface area (Å²) >= 11 is 0. The number of hydrogen-bond donors (Lipinski definition) is 2. The summed E-state index contributed by atoms with van der Waals surface area (Å²) < 4.78 is 30.8. The van der Waals surface area contributed by atoms with E-state index in [0.717, 1.165) is 22.5 Å². The van der Waals surface area contributed by atoms with Crippen molar-refractivity contribution in [2.75, 3.05) is 6.61 Å². The second kappa shape index (κ2) is 8.21. The third-order valence-corrected chi connectivity index (χ3v) is 4.01. The summed E-state index contributed by atoms with van der Waals surface area (Å²) in [5.74, 6) is 0.152. The molecule has 1 heterocycles. The monoisotopic (exact) mass is 339 g/mol. The smallest absolute Gasteiger partial charge is 0.387 e. The van der Waals surface area contributed by atoms with E-state index < -0.39 is 6.61 Å². The molecule has 24 heavy (non-hydrogen) atoms. The Morgan fingerprint density at radius 3 is 2.75 bits per heavy atom. The van der Waals surface area contributed by atoms with Crippen molar-refractivity contribution in [3.63, 3.8) is 0 Å². The number of aliphatic hydroxyl groups is 1. The summed E-state index contributed by atoms with van der Waals surface area (Å²) in [7, 11) is 0. The Labute approximate surface area is 140 Å². The zero-order valence-electron chi connectivity index (χ0n) is 14.1. The number of hydrogen-bond acceptors (Lipinski definition) is 4. The lowest BCUT2D eigenvalue weighted by molar-refractivity contribution is -0.0499. The number of aromatic nitrogens is 2. The largest absolute Gasteiger partial charge is 0.435 e. The maximum atomic E-state index is 12.3. The van der Waals surface area contributed by atoms with Crippen LogP contribution in [0, 0.1) is 13.8 Å². The standard InChI is InChI=1S/C17H23F2N3O2/c1-11(14-5-4-6-15(9-14)24-17(18)19)20-10-16-12(2)21-22(7-8-23)13(16)3/h4-6,9,11,17,20,23H,7-8,10H2,1-3H3. The van der Waals surface area contributed by atoms with Crippen molar-refractivity contribution in [1.29, 1.82) is 0 Å². The Balaban J connectivity index is 2.04. The summed E-state index contributed by atoms with van der Waals surface area (Å²) in [4.78, 5) is 0. The number of rotatable bonds is 8. The second-order valence-electron chi connectivity index (χ2n) is 5.65. The molecule has 1 unspecified atom stereocenters. The number of aryl methyl sites for hydroxylation is 1. The average Bonchev–Trinajstić information content (AvgIpc) is 2.79. The Bertz CT molecular complexity index is 674. The molecule has 0 saturated carbocycles. The van der Waals surface area contributed by atoms with Crippen molar-refractivity contribution in [3.05, 3.63) is 46.8 Å². The molecular weight excluding hydrogens is 316 g/mol. The van der Waals surface area contributed by atoms with Gasteiger partial charge in [-0.2, -0.15) is 13.9 Å². The molecule has 2 N–H and O–H groups in total. The van der Waals surface area contributed by atoms with Gasteiger partial charge in [-0.25, -0.2) is 0 Å². The van der Waals surface area contributed by atoms with E-state index in [4.69, 9.17) is 5.11 Å². The SMILES string of the molecule is Cc1nn(CCO)c(C)c1CNC(C)c1cccc(OC(F)F)c1. The zero-order chi connectivity index (χ0) is 17.7. The summed E-state index contributed by atoms with van der Waals surface area (Å²) in [5.41, 5.74) is 3.87. The minimum atomic E-state index is -2.83. The molecule has 0 aliphatic carbocycles. The highest BCUT2D eigenvalue weighted by atomic mass is 19.3. The maximum Gasteiger partial charge on any atom is 0.387 e. The van der Waals surface area contributed by atoms with Gasteiger partial charge in [0.05, 0.1) is 18.8 Å². The number of benzene rings is 1. The fraction of sp³-hybridized carbons (Fsp3) is 0.471. The van der Waals surface area contributed by atoms with E-state index in [1.165, 1.54) is 6.07 Å². The molecule has 132 valence electrons. The maximum absolute atomic E-state index is 12.3. The third kappa shape index (κ3) is 4.52. The van der Waals surface area contributed by atoms with Crippen LogP contribution in [0.4, 0.5) is 8.78 Å². The molecule has 1 aromatic carbocycles. The van der Waals surface area contributed by atoms with E-state index in [1.54, 1.807) is 16.8 Å². The van der Waals surface area contributed by atoms with E-state index in [1.807, 2.05) is 26.8 Å². The van der Waals surface area contributed by atoms with Gasteiger partial charge >= 0.3 is 6.61 Å². The highest BCUT2D eigenvalue weighted by molar-refractivity contribution is 5.31. The van der Waals surface area contributed by atoms with E-state index in [2.05, 4.69) is 15.2 Å². The van der Waals surface area contributed by atoms with Gasteiger partial charge in [-0.1, -0.05) is 12.1 Å². The van der Waals surface area contributed by atoms with Gasteiger partial charge in [0.1, 0.15) is 5.75 Å². The molecule has 0 spiro atoms. The lowest BCUT2D eigenvalue weighted by Gasteiger charge is -2.16. The van der Waals surface area contributed by atoms with Crippen molar-refractivity contribution < 1.29 is 18.6 Å². The second-order valence-corrected chi connectivity index (χ2v) is 5.65. The molecule has 0 radical (unpaired) electrons. The molecular formula is C17H23F2N3O2. The van der Waals surface area contributed by atoms with Crippen LogP contribution in [-0.4, -0.2) is 28.1 Å². The van der Waals surface area contributed by atoms with Gasteiger partial charge in [0.25, 0.3) is 0 Å². The quantitative estimate of drug-likeness (QED) is 0.776. The van der Waals surface area contributed by atoms with Crippen molar-refractivity contribution in [2.45, 2.75) is 46.5 Å². The number of alkyl halides is 2. The summed E-state index contributed by atoms with van der Waals surface area (Å²) in [6.07, 6.45) is 0. The van der Waals surface area contributed by atoms with E-state index in [-0.39, 0.29) is 18.4 Å². The van der Waals surface area contributed by atoms with E-state index in [9.17, 15) is 8.78 Å². The van der Waals surface area contributed by atoms with Crippen LogP contribution in [0.5, 0.6) is 5.75 Å². The molecule has 7 heteroatoms. The van der Waals surface area contributed by atoms with Crippen LogP contribution < -0.4 is 10.1 Å². The molecule has 2 aromatic rings. The first kappa shape index (κ1) is 18.4. The summed E-state index contributed by atoms with van der Waals surface area (Å²) in [5, 5.41) is 16.8. The van der Waals surface area contributed by atoms with Crippen LogP contribution in [0.1, 0.15) is 35.5 Å². The highest BCUT2D eigenvalue weighted by Gasteiger charge is 2.13. The predicted octanol–water partition coefficient (Wildman–Crippen LogP) is 2.94. The fourth-order valence-corrected chi connectivity index (χ4v) is 2.64. The molecule has 0 amide bonds. The van der Waals surface area contributed by atoms with Crippen molar-refractivity contribution in [1.82, 2.24) is 15.1 Å². The zero-order valence-corrected chi connectivity index (χ0v) is 14.1. The average molecular weight is 339 g/mol. The van der Waals surface area contributed by atoms with Crippen molar-refractivity contribution in [3.8, 4) is 5.75 Å². The number of halogens is 2. The molecule has 0 fully saturated rings. The van der Waals surface area contributed by atoms with Gasteiger partial charge in [-0.15, -0.1) is 0 Å². The van der Waals surface area contributed by atoms with Gasteiger partial charge in [-0.3, -0.25) is 4.68 Å². The van der Waals surface area contributed by atoms with Gasteiger partial charge in [0, 0.05) is 23.8 Å². The van der Waals surface area contributed by atoms with Crippen LogP contribution in [0.3, 0.4) is 0 Å². The highest BCUT2D eigenvalue weighted by Crippen LogP contribution is 2.21. The van der Waals surface area contributed by atoms with Crippen LogP contribution in [0.2, 0.25) is 0 Å². The van der Waals surface area contributed by atoms with E-state index >= 15 is 0 Å². The molecule has 1 aromatic heterocycles. The molecule has 0 saturated heterocycles. The first-order valence-corrected chi connectivity index (χ1v) is 7.84. The minimum absolute atomic E-state index is 0.0359. The number of nitrogens with one attached hydrogen (secondary N) is 1.